The molecule has 0 saturated carbocycles. The average molecular weight is 250 g/mol. The largest absolute Gasteiger partial charge is 0.481 e. The van der Waals surface area contributed by atoms with Crippen LogP contribution in [0.4, 0.5) is 0 Å². The maximum Gasteiger partial charge on any atom is 0.307 e. The zero-order valence-corrected chi connectivity index (χ0v) is 10.4. The number of sulfone groups is 1. The summed E-state index contributed by atoms with van der Waals surface area (Å²) in [5.41, 5.74) is 0. The standard InChI is InChI=1S/C10H18O5S/c1-7(10(11)12)8(2)16(13,14)6-9-4-3-5-15-9/h7-9H,3-6H2,1-2H3,(H,11,12). The van der Waals surface area contributed by atoms with Crippen molar-refractivity contribution in [3.05, 3.63) is 0 Å². The highest BCUT2D eigenvalue weighted by Crippen LogP contribution is 2.19. The van der Waals surface area contributed by atoms with E-state index in [2.05, 4.69) is 0 Å². The zero-order valence-electron chi connectivity index (χ0n) is 9.55. The van der Waals surface area contributed by atoms with Crippen molar-refractivity contribution in [2.45, 2.75) is 38.0 Å². The van der Waals surface area contributed by atoms with Crippen LogP contribution < -0.4 is 0 Å². The van der Waals surface area contributed by atoms with Gasteiger partial charge in [-0.1, -0.05) is 6.92 Å². The Bertz CT molecular complexity index is 342. The van der Waals surface area contributed by atoms with Crippen LogP contribution >= 0.6 is 0 Å². The summed E-state index contributed by atoms with van der Waals surface area (Å²) < 4.78 is 29.0. The second kappa shape index (κ2) is 5.14. The molecule has 0 radical (unpaired) electrons. The Balaban J connectivity index is 2.65. The fourth-order valence-corrected chi connectivity index (χ4v) is 3.52. The van der Waals surface area contributed by atoms with Crippen LogP contribution in [-0.4, -0.2) is 43.2 Å². The van der Waals surface area contributed by atoms with Crippen molar-refractivity contribution in [2.24, 2.45) is 5.92 Å². The Morgan fingerprint density at radius 1 is 1.50 bits per heavy atom. The maximum absolute atomic E-state index is 11.9. The number of aliphatic carboxylic acids is 1. The van der Waals surface area contributed by atoms with Gasteiger partial charge in [0.25, 0.3) is 0 Å². The number of hydrogen-bond acceptors (Lipinski definition) is 4. The third-order valence-electron chi connectivity index (χ3n) is 3.10. The van der Waals surface area contributed by atoms with Crippen LogP contribution in [0, 0.1) is 5.92 Å². The Morgan fingerprint density at radius 3 is 2.56 bits per heavy atom. The zero-order chi connectivity index (χ0) is 12.3. The van der Waals surface area contributed by atoms with Gasteiger partial charge in [-0.3, -0.25) is 4.79 Å². The van der Waals surface area contributed by atoms with Crippen LogP contribution in [-0.2, 0) is 19.4 Å². The molecule has 0 aromatic carbocycles. The molecule has 1 aliphatic rings. The number of hydrogen-bond donors (Lipinski definition) is 1. The summed E-state index contributed by atoms with van der Waals surface area (Å²) in [6.45, 7) is 3.46. The topological polar surface area (TPSA) is 80.7 Å². The van der Waals surface area contributed by atoms with Crippen LogP contribution in [0.3, 0.4) is 0 Å². The smallest absolute Gasteiger partial charge is 0.307 e. The third kappa shape index (κ3) is 3.18. The van der Waals surface area contributed by atoms with Gasteiger partial charge in [0.15, 0.2) is 9.84 Å². The van der Waals surface area contributed by atoms with Gasteiger partial charge in [0.2, 0.25) is 0 Å². The third-order valence-corrected chi connectivity index (χ3v) is 5.48. The van der Waals surface area contributed by atoms with E-state index in [0.717, 1.165) is 12.8 Å². The lowest BCUT2D eigenvalue weighted by Crippen LogP contribution is -2.35. The van der Waals surface area contributed by atoms with Crippen molar-refractivity contribution in [3.8, 4) is 0 Å². The van der Waals surface area contributed by atoms with E-state index in [4.69, 9.17) is 9.84 Å². The monoisotopic (exact) mass is 250 g/mol. The molecule has 94 valence electrons. The Morgan fingerprint density at radius 2 is 2.12 bits per heavy atom. The first-order valence-corrected chi connectivity index (χ1v) is 7.12. The lowest BCUT2D eigenvalue weighted by molar-refractivity contribution is -0.141. The van der Waals surface area contributed by atoms with Gasteiger partial charge in [-0.15, -0.1) is 0 Å². The highest BCUT2D eigenvalue weighted by molar-refractivity contribution is 7.92. The minimum Gasteiger partial charge on any atom is -0.481 e. The van der Waals surface area contributed by atoms with Crippen LogP contribution in [0.25, 0.3) is 0 Å². The lowest BCUT2D eigenvalue weighted by Gasteiger charge is -2.18. The van der Waals surface area contributed by atoms with E-state index in [0.29, 0.717) is 6.61 Å². The molecule has 0 amide bonds. The Hall–Kier alpha value is -0.620. The molecule has 0 aromatic heterocycles. The normalized spacial score (nSPS) is 25.2. The SMILES string of the molecule is CC(C(=O)O)C(C)S(=O)(=O)CC1CCCO1. The molecule has 0 aliphatic carbocycles. The summed E-state index contributed by atoms with van der Waals surface area (Å²) in [4.78, 5) is 10.7. The number of ether oxygens (including phenoxy) is 1. The summed E-state index contributed by atoms with van der Waals surface area (Å²) in [5, 5.41) is 7.91. The fraction of sp³-hybridized carbons (Fsp3) is 0.900. The first kappa shape index (κ1) is 13.4. The molecule has 0 aromatic rings. The molecule has 5 nitrogen and oxygen atoms in total. The molecule has 0 bridgehead atoms. The van der Waals surface area contributed by atoms with Crippen molar-refractivity contribution in [3.63, 3.8) is 0 Å². The van der Waals surface area contributed by atoms with Gasteiger partial charge in [-0.2, -0.15) is 0 Å². The van der Waals surface area contributed by atoms with Gasteiger partial charge in [0.1, 0.15) is 0 Å². The van der Waals surface area contributed by atoms with Gasteiger partial charge in [0, 0.05) is 6.61 Å². The molecule has 6 heteroatoms. The van der Waals surface area contributed by atoms with Crippen molar-refractivity contribution >= 4 is 15.8 Å². The second-order valence-electron chi connectivity index (χ2n) is 4.30. The number of carboxylic acids is 1. The van der Waals surface area contributed by atoms with Gasteiger partial charge >= 0.3 is 5.97 Å². The maximum atomic E-state index is 11.9. The van der Waals surface area contributed by atoms with Crippen molar-refractivity contribution in [1.29, 1.82) is 0 Å². The fourth-order valence-electron chi connectivity index (χ4n) is 1.70. The van der Waals surface area contributed by atoms with Gasteiger partial charge in [0.05, 0.1) is 23.0 Å². The summed E-state index contributed by atoms with van der Waals surface area (Å²) in [7, 11) is -3.39. The van der Waals surface area contributed by atoms with Gasteiger partial charge in [-0.25, -0.2) is 8.42 Å². The van der Waals surface area contributed by atoms with E-state index in [1.807, 2.05) is 0 Å². The lowest BCUT2D eigenvalue weighted by atomic mass is 10.1. The van der Waals surface area contributed by atoms with Crippen molar-refractivity contribution in [1.82, 2.24) is 0 Å². The van der Waals surface area contributed by atoms with E-state index in [1.54, 1.807) is 0 Å². The van der Waals surface area contributed by atoms with E-state index in [-0.39, 0.29) is 11.9 Å². The highest BCUT2D eigenvalue weighted by Gasteiger charge is 2.33. The van der Waals surface area contributed by atoms with Crippen LogP contribution in [0.1, 0.15) is 26.7 Å². The molecule has 1 heterocycles. The minimum atomic E-state index is -3.39. The first-order valence-electron chi connectivity index (χ1n) is 5.40. The van der Waals surface area contributed by atoms with Crippen LogP contribution in [0.15, 0.2) is 0 Å². The van der Waals surface area contributed by atoms with E-state index < -0.39 is 27.0 Å². The molecular formula is C10H18O5S. The van der Waals surface area contributed by atoms with Crippen LogP contribution in [0.2, 0.25) is 0 Å². The van der Waals surface area contributed by atoms with E-state index >= 15 is 0 Å². The molecule has 1 aliphatic heterocycles. The molecule has 0 spiro atoms. The molecule has 3 unspecified atom stereocenters. The minimum absolute atomic E-state index is 0.0637. The molecule has 1 fully saturated rings. The van der Waals surface area contributed by atoms with Crippen molar-refractivity contribution in [2.75, 3.05) is 12.4 Å². The Labute approximate surface area is 95.7 Å². The summed E-state index contributed by atoms with van der Waals surface area (Å²) in [6, 6.07) is 0. The van der Waals surface area contributed by atoms with Crippen molar-refractivity contribution < 1.29 is 23.1 Å². The molecule has 3 atom stereocenters. The Kier molecular flexibility index (Phi) is 4.32. The molecule has 16 heavy (non-hydrogen) atoms. The average Bonchev–Trinajstić information content (AvgIpc) is 2.67. The number of carbonyl (C=O) groups is 1. The predicted octanol–water partition coefficient (Wildman–Crippen LogP) is 0.689. The van der Waals surface area contributed by atoms with Crippen LogP contribution in [0.5, 0.6) is 0 Å². The van der Waals surface area contributed by atoms with Gasteiger partial charge in [-0.05, 0) is 19.8 Å². The van der Waals surface area contributed by atoms with Gasteiger partial charge < -0.3 is 9.84 Å². The summed E-state index contributed by atoms with van der Waals surface area (Å²) >= 11 is 0. The predicted molar refractivity (Wildman–Crippen MR) is 59.0 cm³/mol. The van der Waals surface area contributed by atoms with E-state index in [1.165, 1.54) is 13.8 Å². The quantitative estimate of drug-likeness (QED) is 0.776. The number of rotatable bonds is 5. The molecule has 1 N–H and O–H groups in total. The number of carboxylic acid groups (broad SMARTS) is 1. The first-order chi connectivity index (χ1) is 7.34. The highest BCUT2D eigenvalue weighted by atomic mass is 32.2. The molecular weight excluding hydrogens is 232 g/mol. The second-order valence-corrected chi connectivity index (χ2v) is 6.70. The summed E-state index contributed by atoms with van der Waals surface area (Å²) in [6.07, 6.45) is 1.37. The molecule has 1 rings (SSSR count). The molecule has 1 saturated heterocycles. The van der Waals surface area contributed by atoms with E-state index in [9.17, 15) is 13.2 Å². The summed E-state index contributed by atoms with van der Waals surface area (Å²) in [5.74, 6) is -2.03.